The molecule has 0 aliphatic heterocycles. The molecule has 0 aliphatic rings. The Bertz CT molecular complexity index is 1080. The van der Waals surface area contributed by atoms with Gasteiger partial charge in [0.15, 0.2) is 5.78 Å². The molecule has 0 amide bonds. The minimum atomic E-state index is -0.229. The van der Waals surface area contributed by atoms with Crippen molar-refractivity contribution in [2.45, 2.75) is 26.8 Å². The Morgan fingerprint density at radius 2 is 2.07 bits per heavy atom. The van der Waals surface area contributed by atoms with Gasteiger partial charge in [-0.25, -0.2) is 4.98 Å². The maximum atomic E-state index is 12.7. The normalized spacial score (nSPS) is 11.6. The third-order valence-electron chi connectivity index (χ3n) is 4.07. The molecule has 0 saturated carbocycles. The van der Waals surface area contributed by atoms with Gasteiger partial charge in [-0.3, -0.25) is 9.59 Å². The summed E-state index contributed by atoms with van der Waals surface area (Å²) in [5, 5.41) is 8.05. The van der Waals surface area contributed by atoms with Crippen LogP contribution in [0.1, 0.15) is 28.8 Å². The highest BCUT2D eigenvalue weighted by Crippen LogP contribution is 2.13. The van der Waals surface area contributed by atoms with Crippen molar-refractivity contribution in [1.82, 2.24) is 19.9 Å². The maximum absolute atomic E-state index is 12.7. The molecule has 1 aromatic carbocycles. The molecular formula is C20H20N4O2S. The van der Waals surface area contributed by atoms with Gasteiger partial charge < -0.3 is 5.32 Å². The van der Waals surface area contributed by atoms with Crippen molar-refractivity contribution in [3.63, 3.8) is 0 Å². The number of carbonyl (C=O) groups is 1. The fraction of sp³-hybridized carbons (Fsp3) is 0.200. The molecule has 3 rings (SSSR count). The van der Waals surface area contributed by atoms with E-state index in [1.54, 1.807) is 12.3 Å². The molecule has 138 valence electrons. The van der Waals surface area contributed by atoms with E-state index in [2.05, 4.69) is 22.0 Å². The monoisotopic (exact) mass is 380 g/mol. The highest BCUT2D eigenvalue weighted by Gasteiger charge is 2.13. The van der Waals surface area contributed by atoms with Crippen LogP contribution in [0.4, 0.5) is 0 Å². The molecule has 0 radical (unpaired) electrons. The van der Waals surface area contributed by atoms with Crippen molar-refractivity contribution in [2.24, 2.45) is 0 Å². The largest absolute Gasteiger partial charge is 0.386 e. The van der Waals surface area contributed by atoms with E-state index in [1.807, 2.05) is 37.3 Å². The van der Waals surface area contributed by atoms with E-state index in [0.29, 0.717) is 28.2 Å². The summed E-state index contributed by atoms with van der Waals surface area (Å²) < 4.78 is 1.31. The first-order chi connectivity index (χ1) is 13.0. The van der Waals surface area contributed by atoms with E-state index in [4.69, 9.17) is 0 Å². The number of fused-ring (bicyclic) bond motifs is 1. The quantitative estimate of drug-likeness (QED) is 0.638. The Hall–Kier alpha value is -3.06. The molecule has 2 heterocycles. The van der Waals surface area contributed by atoms with Crippen molar-refractivity contribution in [2.75, 3.05) is 0 Å². The summed E-state index contributed by atoms with van der Waals surface area (Å²) >= 11 is 1.35. The molecule has 2 aromatic heterocycles. The van der Waals surface area contributed by atoms with E-state index in [-0.39, 0.29) is 17.9 Å². The fourth-order valence-electron chi connectivity index (χ4n) is 2.69. The second-order valence-corrected chi connectivity index (χ2v) is 7.23. The summed E-state index contributed by atoms with van der Waals surface area (Å²) in [5.74, 6) is -0.0178. The first-order valence-corrected chi connectivity index (χ1v) is 9.30. The Morgan fingerprint density at radius 1 is 1.33 bits per heavy atom. The SMILES string of the molecule is C=Cc1nc2sc(C)nn2c(=O)c1CN/C=C(\Cc1ccccc1)C(C)=O. The number of allylic oxidation sites excluding steroid dienone is 1. The van der Waals surface area contributed by atoms with Crippen LogP contribution < -0.4 is 10.9 Å². The third-order valence-corrected chi connectivity index (χ3v) is 4.90. The van der Waals surface area contributed by atoms with Crippen LogP contribution in [-0.2, 0) is 17.8 Å². The number of nitrogens with zero attached hydrogens (tertiary/aromatic N) is 3. The van der Waals surface area contributed by atoms with Crippen molar-refractivity contribution in [1.29, 1.82) is 0 Å². The molecule has 1 N–H and O–H groups in total. The van der Waals surface area contributed by atoms with Crippen LogP contribution >= 0.6 is 11.3 Å². The van der Waals surface area contributed by atoms with Crippen molar-refractivity contribution < 1.29 is 4.79 Å². The lowest BCUT2D eigenvalue weighted by atomic mass is 10.0. The van der Waals surface area contributed by atoms with Crippen LogP contribution in [0.5, 0.6) is 0 Å². The Balaban J connectivity index is 1.85. The van der Waals surface area contributed by atoms with Crippen molar-refractivity contribution in [3.8, 4) is 0 Å². The lowest BCUT2D eigenvalue weighted by molar-refractivity contribution is -0.113. The van der Waals surface area contributed by atoms with E-state index in [9.17, 15) is 9.59 Å². The number of nitrogens with one attached hydrogen (secondary N) is 1. The Kier molecular flexibility index (Phi) is 5.61. The highest BCUT2D eigenvalue weighted by molar-refractivity contribution is 7.16. The van der Waals surface area contributed by atoms with Crippen LogP contribution in [0.15, 0.2) is 53.5 Å². The first-order valence-electron chi connectivity index (χ1n) is 8.48. The second-order valence-electron chi connectivity index (χ2n) is 6.07. The van der Waals surface area contributed by atoms with Gasteiger partial charge >= 0.3 is 0 Å². The zero-order chi connectivity index (χ0) is 19.4. The smallest absolute Gasteiger partial charge is 0.280 e. The average Bonchev–Trinajstić information content (AvgIpc) is 3.03. The van der Waals surface area contributed by atoms with Gasteiger partial charge in [-0.1, -0.05) is 48.2 Å². The van der Waals surface area contributed by atoms with Crippen LogP contribution in [-0.4, -0.2) is 20.4 Å². The van der Waals surface area contributed by atoms with Gasteiger partial charge in [0.2, 0.25) is 4.96 Å². The lowest BCUT2D eigenvalue weighted by Gasteiger charge is -2.08. The summed E-state index contributed by atoms with van der Waals surface area (Å²) in [6.07, 6.45) is 3.76. The fourth-order valence-corrected chi connectivity index (χ4v) is 3.43. The number of rotatable bonds is 7. The minimum Gasteiger partial charge on any atom is -0.386 e. The van der Waals surface area contributed by atoms with E-state index in [0.717, 1.165) is 10.6 Å². The number of ketones is 1. The molecule has 0 saturated heterocycles. The molecule has 0 spiro atoms. The number of aromatic nitrogens is 3. The minimum absolute atomic E-state index is 0.0178. The van der Waals surface area contributed by atoms with Crippen LogP contribution in [0, 0.1) is 6.92 Å². The van der Waals surface area contributed by atoms with E-state index < -0.39 is 0 Å². The predicted octanol–water partition coefficient (Wildman–Crippen LogP) is 2.91. The summed E-state index contributed by atoms with van der Waals surface area (Å²) in [4.78, 5) is 29.7. The van der Waals surface area contributed by atoms with Gasteiger partial charge in [0.25, 0.3) is 5.56 Å². The number of benzene rings is 1. The first kappa shape index (κ1) is 18.7. The Morgan fingerprint density at radius 3 is 2.74 bits per heavy atom. The van der Waals surface area contributed by atoms with Gasteiger partial charge in [0.1, 0.15) is 5.01 Å². The molecular weight excluding hydrogens is 360 g/mol. The number of carbonyl (C=O) groups excluding carboxylic acids is 1. The Labute approximate surface area is 160 Å². The van der Waals surface area contributed by atoms with E-state index in [1.165, 1.54) is 22.8 Å². The summed E-state index contributed by atoms with van der Waals surface area (Å²) in [6.45, 7) is 7.35. The molecule has 0 atom stereocenters. The van der Waals surface area contributed by atoms with Crippen LogP contribution in [0.3, 0.4) is 0 Å². The number of hydrogen-bond acceptors (Lipinski definition) is 6. The molecule has 6 nitrogen and oxygen atoms in total. The van der Waals surface area contributed by atoms with Crippen molar-refractivity contribution >= 4 is 28.2 Å². The van der Waals surface area contributed by atoms with E-state index >= 15 is 0 Å². The standard InChI is InChI=1S/C20H20N4O2S/c1-4-18-17(19(26)24-20(22-18)27-14(3)23-24)12-21-11-16(13(2)25)10-15-8-6-5-7-9-15/h4-9,11,21H,1,10,12H2,2-3H3/b16-11+. The van der Waals surface area contributed by atoms with Gasteiger partial charge in [0, 0.05) is 24.7 Å². The highest BCUT2D eigenvalue weighted by atomic mass is 32.1. The number of hydrogen-bond donors (Lipinski definition) is 1. The number of aryl methyl sites for hydroxylation is 1. The summed E-state index contributed by atoms with van der Waals surface area (Å²) in [5.41, 5.74) is 2.45. The van der Waals surface area contributed by atoms with Gasteiger partial charge in [-0.15, -0.1) is 0 Å². The van der Waals surface area contributed by atoms with Gasteiger partial charge in [0.05, 0.1) is 11.3 Å². The second kappa shape index (κ2) is 8.09. The number of Topliss-reactive ketones (excluding diaryl/α,β-unsaturated/α-hetero) is 1. The summed E-state index contributed by atoms with van der Waals surface area (Å²) in [7, 11) is 0. The lowest BCUT2D eigenvalue weighted by Crippen LogP contribution is -2.25. The van der Waals surface area contributed by atoms with Crippen LogP contribution in [0.2, 0.25) is 0 Å². The zero-order valence-electron chi connectivity index (χ0n) is 15.2. The third kappa shape index (κ3) is 4.20. The maximum Gasteiger partial charge on any atom is 0.280 e. The van der Waals surface area contributed by atoms with Gasteiger partial charge in [-0.05, 0) is 25.5 Å². The van der Waals surface area contributed by atoms with Crippen molar-refractivity contribution in [3.05, 3.63) is 80.9 Å². The molecule has 3 aromatic rings. The molecule has 7 heteroatoms. The molecule has 0 unspecified atom stereocenters. The topological polar surface area (TPSA) is 76.4 Å². The van der Waals surface area contributed by atoms with Crippen LogP contribution in [0.25, 0.3) is 11.0 Å². The summed E-state index contributed by atoms with van der Waals surface area (Å²) in [6, 6.07) is 9.76. The molecule has 27 heavy (non-hydrogen) atoms. The average molecular weight is 380 g/mol. The van der Waals surface area contributed by atoms with Gasteiger partial charge in [-0.2, -0.15) is 9.61 Å². The molecule has 0 fully saturated rings. The zero-order valence-corrected chi connectivity index (χ0v) is 16.0. The molecule has 0 bridgehead atoms. The predicted molar refractivity (Wildman–Crippen MR) is 108 cm³/mol. The molecule has 0 aliphatic carbocycles.